The Morgan fingerprint density at radius 2 is 1.86 bits per heavy atom. The monoisotopic (exact) mass is 298 g/mol. The van der Waals surface area contributed by atoms with E-state index in [-0.39, 0.29) is 5.91 Å². The van der Waals surface area contributed by atoms with E-state index >= 15 is 0 Å². The van der Waals surface area contributed by atoms with Gasteiger partial charge in [0.1, 0.15) is 0 Å². The van der Waals surface area contributed by atoms with Gasteiger partial charge in [0.15, 0.2) is 5.96 Å². The van der Waals surface area contributed by atoms with Gasteiger partial charge in [-0.15, -0.1) is 0 Å². The quantitative estimate of drug-likeness (QED) is 0.507. The lowest BCUT2D eigenvalue weighted by Gasteiger charge is -2.18. The molecular formula is C16H34N4O. The second kappa shape index (κ2) is 11.4. The Labute approximate surface area is 130 Å². The van der Waals surface area contributed by atoms with Crippen LogP contribution in [0.1, 0.15) is 53.4 Å². The van der Waals surface area contributed by atoms with Crippen LogP contribution in [0.3, 0.4) is 0 Å². The summed E-state index contributed by atoms with van der Waals surface area (Å²) < 4.78 is 0. The number of nitrogens with zero attached hydrogens (tertiary/aromatic N) is 2. The lowest BCUT2D eigenvalue weighted by molar-refractivity contribution is -0.128. The zero-order valence-electron chi connectivity index (χ0n) is 14.7. The summed E-state index contributed by atoms with van der Waals surface area (Å²) in [7, 11) is 3.54. The smallest absolute Gasteiger partial charge is 0.223 e. The molecule has 2 N–H and O–H groups in total. The predicted molar refractivity (Wildman–Crippen MR) is 90.6 cm³/mol. The Bertz CT molecular complexity index is 313. The minimum absolute atomic E-state index is 0.111. The Balaban J connectivity index is 4.17. The van der Waals surface area contributed by atoms with Gasteiger partial charge in [0.25, 0.3) is 0 Å². The summed E-state index contributed by atoms with van der Waals surface area (Å²) in [5, 5.41) is 6.64. The number of rotatable bonds is 9. The molecular weight excluding hydrogens is 264 g/mol. The molecule has 0 rings (SSSR count). The first-order valence-electron chi connectivity index (χ1n) is 8.11. The highest BCUT2D eigenvalue weighted by Gasteiger charge is 2.07. The van der Waals surface area contributed by atoms with E-state index in [0.717, 1.165) is 24.8 Å². The fourth-order valence-corrected chi connectivity index (χ4v) is 1.94. The van der Waals surface area contributed by atoms with Gasteiger partial charge in [-0.25, -0.2) is 0 Å². The normalized spacial score (nSPS) is 13.2. The largest absolute Gasteiger partial charge is 0.357 e. The van der Waals surface area contributed by atoms with Crippen molar-refractivity contribution in [1.29, 1.82) is 0 Å². The zero-order valence-corrected chi connectivity index (χ0v) is 14.7. The third kappa shape index (κ3) is 11.1. The minimum atomic E-state index is 0.111. The second-order valence-corrected chi connectivity index (χ2v) is 6.17. The molecule has 0 aromatic heterocycles. The van der Waals surface area contributed by atoms with Gasteiger partial charge in [0.2, 0.25) is 5.91 Å². The Morgan fingerprint density at radius 3 is 2.38 bits per heavy atom. The molecule has 0 aliphatic carbocycles. The summed E-state index contributed by atoms with van der Waals surface area (Å²) in [5.74, 6) is 1.68. The summed E-state index contributed by atoms with van der Waals surface area (Å²) in [6.07, 6.45) is 4.08. The molecule has 0 fully saturated rings. The molecule has 0 heterocycles. The van der Waals surface area contributed by atoms with Crippen molar-refractivity contribution >= 4 is 11.9 Å². The first-order chi connectivity index (χ1) is 9.86. The maximum atomic E-state index is 11.5. The fourth-order valence-electron chi connectivity index (χ4n) is 1.94. The van der Waals surface area contributed by atoms with Crippen LogP contribution < -0.4 is 10.6 Å². The van der Waals surface area contributed by atoms with Crippen molar-refractivity contribution in [2.24, 2.45) is 10.9 Å². The van der Waals surface area contributed by atoms with Gasteiger partial charge in [-0.1, -0.05) is 26.7 Å². The van der Waals surface area contributed by atoms with Crippen molar-refractivity contribution in [2.75, 3.05) is 27.2 Å². The van der Waals surface area contributed by atoms with Crippen LogP contribution in [0, 0.1) is 5.92 Å². The molecule has 0 saturated heterocycles. The summed E-state index contributed by atoms with van der Waals surface area (Å²) in [6, 6.07) is 0.395. The second-order valence-electron chi connectivity index (χ2n) is 6.17. The third-order valence-electron chi connectivity index (χ3n) is 3.24. The molecule has 0 saturated carbocycles. The first-order valence-corrected chi connectivity index (χ1v) is 8.11. The molecule has 1 amide bonds. The molecule has 0 bridgehead atoms. The van der Waals surface area contributed by atoms with E-state index in [1.54, 1.807) is 19.0 Å². The molecule has 0 radical (unpaired) electrons. The highest BCUT2D eigenvalue weighted by atomic mass is 16.2. The molecule has 0 aliphatic rings. The average Bonchev–Trinajstić information content (AvgIpc) is 2.38. The van der Waals surface area contributed by atoms with Crippen molar-refractivity contribution in [3.63, 3.8) is 0 Å². The van der Waals surface area contributed by atoms with E-state index in [4.69, 9.17) is 0 Å². The van der Waals surface area contributed by atoms with Gasteiger partial charge in [0.05, 0.1) is 6.54 Å². The third-order valence-corrected chi connectivity index (χ3v) is 3.24. The van der Waals surface area contributed by atoms with E-state index in [1.165, 1.54) is 12.8 Å². The molecule has 0 aromatic rings. The molecule has 124 valence electrons. The molecule has 1 atom stereocenters. The van der Waals surface area contributed by atoms with Crippen LogP contribution in [-0.4, -0.2) is 50.0 Å². The van der Waals surface area contributed by atoms with Crippen LogP contribution in [0.5, 0.6) is 0 Å². The van der Waals surface area contributed by atoms with Crippen LogP contribution in [0.4, 0.5) is 0 Å². The van der Waals surface area contributed by atoms with Crippen molar-refractivity contribution < 1.29 is 4.79 Å². The van der Waals surface area contributed by atoms with Crippen molar-refractivity contribution in [3.05, 3.63) is 0 Å². The standard InChI is InChI=1S/C16H34N4O/c1-7-17-16(18-12-11-15(21)20(5)6)19-14(4)10-8-9-13(2)3/h13-14H,7-12H2,1-6H3,(H2,17,18,19). The number of carbonyl (C=O) groups is 1. The highest BCUT2D eigenvalue weighted by Crippen LogP contribution is 2.08. The number of aliphatic imine (C=N–C) groups is 1. The Morgan fingerprint density at radius 1 is 1.19 bits per heavy atom. The molecule has 21 heavy (non-hydrogen) atoms. The lowest BCUT2D eigenvalue weighted by atomic mass is 10.0. The van der Waals surface area contributed by atoms with Crippen LogP contribution in [0.15, 0.2) is 4.99 Å². The molecule has 0 aromatic carbocycles. The van der Waals surface area contributed by atoms with Crippen LogP contribution in [0.25, 0.3) is 0 Å². The van der Waals surface area contributed by atoms with E-state index in [1.807, 2.05) is 6.92 Å². The SMILES string of the molecule is CCNC(=NCCC(=O)N(C)C)NC(C)CCCC(C)C. The maximum absolute atomic E-state index is 11.5. The predicted octanol–water partition coefficient (Wildman–Crippen LogP) is 2.23. The minimum Gasteiger partial charge on any atom is -0.357 e. The topological polar surface area (TPSA) is 56.7 Å². The molecule has 0 aliphatic heterocycles. The number of amides is 1. The van der Waals surface area contributed by atoms with Crippen LogP contribution in [-0.2, 0) is 4.79 Å². The molecule has 5 nitrogen and oxygen atoms in total. The van der Waals surface area contributed by atoms with Gasteiger partial charge >= 0.3 is 0 Å². The summed E-state index contributed by atoms with van der Waals surface area (Å²) >= 11 is 0. The van der Waals surface area contributed by atoms with Gasteiger partial charge in [-0.05, 0) is 26.2 Å². The van der Waals surface area contributed by atoms with Crippen molar-refractivity contribution in [3.8, 4) is 0 Å². The molecule has 0 spiro atoms. The number of hydrogen-bond donors (Lipinski definition) is 2. The lowest BCUT2D eigenvalue weighted by Crippen LogP contribution is -2.42. The van der Waals surface area contributed by atoms with E-state index in [9.17, 15) is 4.79 Å². The van der Waals surface area contributed by atoms with E-state index in [0.29, 0.717) is 19.0 Å². The average molecular weight is 298 g/mol. The highest BCUT2D eigenvalue weighted by molar-refractivity contribution is 5.81. The number of carbonyl (C=O) groups excluding carboxylic acids is 1. The van der Waals surface area contributed by atoms with Crippen LogP contribution in [0.2, 0.25) is 0 Å². The van der Waals surface area contributed by atoms with Crippen molar-refractivity contribution in [1.82, 2.24) is 15.5 Å². The van der Waals surface area contributed by atoms with Gasteiger partial charge in [-0.2, -0.15) is 0 Å². The summed E-state index contributed by atoms with van der Waals surface area (Å²) in [5.41, 5.74) is 0. The fraction of sp³-hybridized carbons (Fsp3) is 0.875. The summed E-state index contributed by atoms with van der Waals surface area (Å²) in [6.45, 7) is 10.1. The Hall–Kier alpha value is -1.26. The number of hydrogen-bond acceptors (Lipinski definition) is 2. The maximum Gasteiger partial charge on any atom is 0.223 e. The van der Waals surface area contributed by atoms with E-state index in [2.05, 4.69) is 36.4 Å². The van der Waals surface area contributed by atoms with Crippen molar-refractivity contribution in [2.45, 2.75) is 59.4 Å². The summed E-state index contributed by atoms with van der Waals surface area (Å²) in [4.78, 5) is 17.6. The van der Waals surface area contributed by atoms with Crippen LogP contribution >= 0.6 is 0 Å². The Kier molecular flexibility index (Phi) is 10.7. The molecule has 1 unspecified atom stereocenters. The number of nitrogens with one attached hydrogen (secondary N) is 2. The first kappa shape index (κ1) is 19.7. The number of guanidine groups is 1. The molecule has 5 heteroatoms. The van der Waals surface area contributed by atoms with Gasteiger partial charge < -0.3 is 15.5 Å². The zero-order chi connectivity index (χ0) is 16.3. The van der Waals surface area contributed by atoms with E-state index < -0.39 is 0 Å². The van der Waals surface area contributed by atoms with Gasteiger partial charge in [-0.3, -0.25) is 9.79 Å². The van der Waals surface area contributed by atoms with Gasteiger partial charge in [0, 0.05) is 33.1 Å².